The Labute approximate surface area is 118 Å². The molecule has 0 spiro atoms. The maximum atomic E-state index is 12.3. The van der Waals surface area contributed by atoms with Crippen molar-refractivity contribution in [1.82, 2.24) is 4.90 Å². The van der Waals surface area contributed by atoms with Gasteiger partial charge in [0.25, 0.3) is 0 Å². The van der Waals surface area contributed by atoms with Gasteiger partial charge in [-0.15, -0.1) is 0 Å². The molecule has 1 aliphatic rings. The lowest BCUT2D eigenvalue weighted by atomic mass is 10.2. The van der Waals surface area contributed by atoms with Gasteiger partial charge in [-0.25, -0.2) is 0 Å². The number of carbonyl (C=O) groups is 2. The molecule has 108 valence electrons. The Balaban J connectivity index is 2.00. The molecule has 4 N–H and O–H groups in total. The van der Waals surface area contributed by atoms with Crippen LogP contribution in [-0.4, -0.2) is 42.9 Å². The summed E-state index contributed by atoms with van der Waals surface area (Å²) in [5.74, 6) is -0.423. The SMILES string of the molecule is CN(C(=O)CN1CCCC1C(N)=O)c1ccc(N)cc1. The minimum atomic E-state index is -0.356. The average molecular weight is 276 g/mol. The number of carbonyl (C=O) groups excluding carboxylic acids is 2. The van der Waals surface area contributed by atoms with Crippen molar-refractivity contribution >= 4 is 23.2 Å². The summed E-state index contributed by atoms with van der Waals surface area (Å²) < 4.78 is 0. The summed E-state index contributed by atoms with van der Waals surface area (Å²) in [4.78, 5) is 27.0. The van der Waals surface area contributed by atoms with E-state index in [-0.39, 0.29) is 24.4 Å². The van der Waals surface area contributed by atoms with Gasteiger partial charge in [0, 0.05) is 18.4 Å². The first-order chi connectivity index (χ1) is 9.49. The van der Waals surface area contributed by atoms with Gasteiger partial charge >= 0.3 is 0 Å². The first-order valence-electron chi connectivity index (χ1n) is 6.64. The molecule has 1 aromatic carbocycles. The van der Waals surface area contributed by atoms with Gasteiger partial charge in [0.05, 0.1) is 12.6 Å². The fourth-order valence-electron chi connectivity index (χ4n) is 2.46. The van der Waals surface area contributed by atoms with Crippen LogP contribution in [-0.2, 0) is 9.59 Å². The molecule has 6 nitrogen and oxygen atoms in total. The van der Waals surface area contributed by atoms with E-state index in [0.29, 0.717) is 5.69 Å². The van der Waals surface area contributed by atoms with Gasteiger partial charge in [-0.05, 0) is 43.7 Å². The first-order valence-corrected chi connectivity index (χ1v) is 6.64. The molecule has 1 aliphatic heterocycles. The van der Waals surface area contributed by atoms with E-state index in [2.05, 4.69) is 0 Å². The van der Waals surface area contributed by atoms with Gasteiger partial charge in [-0.3, -0.25) is 14.5 Å². The number of likely N-dealkylation sites (tertiary alicyclic amines) is 1. The lowest BCUT2D eigenvalue weighted by molar-refractivity contribution is -0.124. The molecule has 1 atom stereocenters. The number of nitrogens with two attached hydrogens (primary N) is 2. The summed E-state index contributed by atoms with van der Waals surface area (Å²) in [5.41, 5.74) is 12.4. The standard InChI is InChI=1S/C14H20N4O2/c1-17(11-6-4-10(15)5-7-11)13(19)9-18-8-2-3-12(18)14(16)20/h4-7,12H,2-3,8-9,15H2,1H3,(H2,16,20). The highest BCUT2D eigenvalue weighted by Crippen LogP contribution is 2.19. The highest BCUT2D eigenvalue weighted by molar-refractivity contribution is 5.94. The third-order valence-electron chi connectivity index (χ3n) is 3.68. The van der Waals surface area contributed by atoms with E-state index in [1.165, 1.54) is 0 Å². The Morgan fingerprint density at radius 3 is 2.60 bits per heavy atom. The number of hydrogen-bond acceptors (Lipinski definition) is 4. The highest BCUT2D eigenvalue weighted by atomic mass is 16.2. The van der Waals surface area contributed by atoms with Crippen LogP contribution in [0.4, 0.5) is 11.4 Å². The quantitative estimate of drug-likeness (QED) is 0.767. The topological polar surface area (TPSA) is 92.7 Å². The summed E-state index contributed by atoms with van der Waals surface area (Å²) in [6, 6.07) is 6.77. The lowest BCUT2D eigenvalue weighted by Crippen LogP contribution is -2.45. The number of likely N-dealkylation sites (N-methyl/N-ethyl adjacent to an activating group) is 1. The number of rotatable bonds is 4. The Morgan fingerprint density at radius 1 is 1.35 bits per heavy atom. The molecule has 1 fully saturated rings. The van der Waals surface area contributed by atoms with Crippen LogP contribution in [0.25, 0.3) is 0 Å². The van der Waals surface area contributed by atoms with E-state index in [1.807, 2.05) is 4.90 Å². The summed E-state index contributed by atoms with van der Waals surface area (Å²) in [5, 5.41) is 0. The van der Waals surface area contributed by atoms with Crippen LogP contribution in [0.2, 0.25) is 0 Å². The molecule has 0 radical (unpaired) electrons. The fourth-order valence-corrected chi connectivity index (χ4v) is 2.46. The molecule has 1 aromatic rings. The smallest absolute Gasteiger partial charge is 0.240 e. The molecule has 2 amide bonds. The molecule has 6 heteroatoms. The van der Waals surface area contributed by atoms with E-state index in [9.17, 15) is 9.59 Å². The first kappa shape index (κ1) is 14.3. The maximum Gasteiger partial charge on any atom is 0.240 e. The molecule has 1 saturated heterocycles. The third kappa shape index (κ3) is 3.08. The molecule has 0 saturated carbocycles. The van der Waals surface area contributed by atoms with E-state index >= 15 is 0 Å². The van der Waals surface area contributed by atoms with Crippen molar-refractivity contribution in [3.8, 4) is 0 Å². The molecule has 1 unspecified atom stereocenters. The average Bonchev–Trinajstić information content (AvgIpc) is 2.87. The Bertz CT molecular complexity index is 500. The van der Waals surface area contributed by atoms with Crippen molar-refractivity contribution in [3.05, 3.63) is 24.3 Å². The Kier molecular flexibility index (Phi) is 4.24. The monoisotopic (exact) mass is 276 g/mol. The Morgan fingerprint density at radius 2 is 2.00 bits per heavy atom. The molecule has 20 heavy (non-hydrogen) atoms. The second kappa shape index (κ2) is 5.92. The summed E-state index contributed by atoms with van der Waals surface area (Å²) in [6.45, 7) is 0.934. The lowest BCUT2D eigenvalue weighted by Gasteiger charge is -2.24. The van der Waals surface area contributed by atoms with E-state index in [4.69, 9.17) is 11.5 Å². The number of primary amides is 1. The molecule has 0 aromatic heterocycles. The summed E-state index contributed by atoms with van der Waals surface area (Å²) in [7, 11) is 1.71. The van der Waals surface area contributed by atoms with Crippen molar-refractivity contribution in [1.29, 1.82) is 0 Å². The molecule has 0 bridgehead atoms. The number of nitrogen functional groups attached to an aromatic ring is 1. The number of amides is 2. The van der Waals surface area contributed by atoms with Gasteiger partial charge < -0.3 is 16.4 Å². The van der Waals surface area contributed by atoms with Gasteiger partial charge in [0.2, 0.25) is 11.8 Å². The van der Waals surface area contributed by atoms with E-state index in [0.717, 1.165) is 25.1 Å². The molecular weight excluding hydrogens is 256 g/mol. The van der Waals surface area contributed by atoms with Crippen molar-refractivity contribution in [3.63, 3.8) is 0 Å². The zero-order chi connectivity index (χ0) is 14.7. The molecule has 2 rings (SSSR count). The van der Waals surface area contributed by atoms with Gasteiger partial charge in [0.1, 0.15) is 0 Å². The van der Waals surface area contributed by atoms with Gasteiger partial charge in [0.15, 0.2) is 0 Å². The highest BCUT2D eigenvalue weighted by Gasteiger charge is 2.31. The van der Waals surface area contributed by atoms with Crippen molar-refractivity contribution in [2.24, 2.45) is 5.73 Å². The summed E-state index contributed by atoms with van der Waals surface area (Å²) >= 11 is 0. The van der Waals surface area contributed by atoms with E-state index in [1.54, 1.807) is 36.2 Å². The van der Waals surface area contributed by atoms with Crippen molar-refractivity contribution in [2.75, 3.05) is 30.8 Å². The third-order valence-corrected chi connectivity index (χ3v) is 3.68. The Hall–Kier alpha value is -2.08. The zero-order valence-electron chi connectivity index (χ0n) is 11.6. The van der Waals surface area contributed by atoms with Gasteiger partial charge in [-0.1, -0.05) is 0 Å². The van der Waals surface area contributed by atoms with Crippen LogP contribution in [0.3, 0.4) is 0 Å². The fraction of sp³-hybridized carbons (Fsp3) is 0.429. The minimum Gasteiger partial charge on any atom is -0.399 e. The zero-order valence-corrected chi connectivity index (χ0v) is 11.6. The number of hydrogen-bond donors (Lipinski definition) is 2. The van der Waals surface area contributed by atoms with Crippen LogP contribution >= 0.6 is 0 Å². The van der Waals surface area contributed by atoms with Crippen LogP contribution < -0.4 is 16.4 Å². The number of benzene rings is 1. The van der Waals surface area contributed by atoms with Gasteiger partial charge in [-0.2, -0.15) is 0 Å². The normalized spacial score (nSPS) is 18.9. The predicted octanol–water partition coefficient (Wildman–Crippen LogP) is 0.181. The van der Waals surface area contributed by atoms with Crippen LogP contribution in [0.1, 0.15) is 12.8 Å². The number of anilines is 2. The maximum absolute atomic E-state index is 12.3. The second-order valence-electron chi connectivity index (χ2n) is 5.08. The molecular formula is C14H20N4O2. The van der Waals surface area contributed by atoms with Crippen molar-refractivity contribution < 1.29 is 9.59 Å². The molecule has 1 heterocycles. The minimum absolute atomic E-state index is 0.0667. The van der Waals surface area contributed by atoms with Crippen molar-refractivity contribution in [2.45, 2.75) is 18.9 Å². The van der Waals surface area contributed by atoms with Crippen LogP contribution in [0.5, 0.6) is 0 Å². The molecule has 0 aliphatic carbocycles. The van der Waals surface area contributed by atoms with Crippen LogP contribution in [0.15, 0.2) is 24.3 Å². The number of nitrogens with zero attached hydrogens (tertiary/aromatic N) is 2. The predicted molar refractivity (Wildman–Crippen MR) is 78.1 cm³/mol. The van der Waals surface area contributed by atoms with Crippen LogP contribution in [0, 0.1) is 0 Å². The largest absolute Gasteiger partial charge is 0.399 e. The van der Waals surface area contributed by atoms with E-state index < -0.39 is 0 Å². The summed E-state index contributed by atoms with van der Waals surface area (Å²) in [6.07, 6.45) is 1.63. The second-order valence-corrected chi connectivity index (χ2v) is 5.08.